The Bertz CT molecular complexity index is 374. The number of carbonyl (C=O) groups is 2. The van der Waals surface area contributed by atoms with Crippen molar-refractivity contribution in [2.45, 2.75) is 19.4 Å². The molecule has 3 unspecified atom stereocenters. The number of carboxylic acids is 1. The molecule has 19 heavy (non-hydrogen) atoms. The Balaban J connectivity index is 1.98. The molecule has 3 atom stereocenters. The van der Waals surface area contributed by atoms with E-state index in [1.165, 1.54) is 0 Å². The lowest BCUT2D eigenvalue weighted by Gasteiger charge is -2.23. The second-order valence-electron chi connectivity index (χ2n) is 5.92. The lowest BCUT2D eigenvalue weighted by atomic mass is 9.98. The molecular weight excluding hydrogens is 246 g/mol. The zero-order valence-corrected chi connectivity index (χ0v) is 11.9. The molecular formula is C13H23N3O3. The second kappa shape index (κ2) is 5.36. The number of amides is 2. The first-order valence-electron chi connectivity index (χ1n) is 6.83. The van der Waals surface area contributed by atoms with Crippen LogP contribution in [0.25, 0.3) is 0 Å². The summed E-state index contributed by atoms with van der Waals surface area (Å²) in [6.07, 6.45) is 1.11. The van der Waals surface area contributed by atoms with Crippen LogP contribution in [-0.2, 0) is 4.79 Å². The van der Waals surface area contributed by atoms with E-state index in [0.717, 1.165) is 19.5 Å². The van der Waals surface area contributed by atoms with Crippen LogP contribution in [0.15, 0.2) is 0 Å². The maximum absolute atomic E-state index is 12.2. The van der Waals surface area contributed by atoms with Gasteiger partial charge in [-0.1, -0.05) is 6.92 Å². The van der Waals surface area contributed by atoms with Crippen molar-refractivity contribution in [3.8, 4) is 0 Å². The number of likely N-dealkylation sites (tertiary alicyclic amines) is 1. The summed E-state index contributed by atoms with van der Waals surface area (Å²) in [7, 11) is 3.93. The zero-order valence-electron chi connectivity index (χ0n) is 11.9. The van der Waals surface area contributed by atoms with Gasteiger partial charge in [0.05, 0.1) is 12.0 Å². The monoisotopic (exact) mass is 269 g/mol. The fourth-order valence-electron chi connectivity index (χ4n) is 3.10. The molecule has 0 aromatic carbocycles. The summed E-state index contributed by atoms with van der Waals surface area (Å²) in [5.41, 5.74) is 0. The Morgan fingerprint density at radius 2 is 2.11 bits per heavy atom. The molecule has 2 amide bonds. The number of hydrogen-bond donors (Lipinski definition) is 1. The van der Waals surface area contributed by atoms with Crippen molar-refractivity contribution in [3.63, 3.8) is 0 Å². The van der Waals surface area contributed by atoms with E-state index in [0.29, 0.717) is 19.0 Å². The van der Waals surface area contributed by atoms with Gasteiger partial charge in [-0.15, -0.1) is 0 Å². The van der Waals surface area contributed by atoms with Crippen molar-refractivity contribution in [1.82, 2.24) is 14.7 Å². The predicted octanol–water partition coefficient (Wildman–Crippen LogP) is 0.395. The van der Waals surface area contributed by atoms with E-state index in [-0.39, 0.29) is 12.1 Å². The maximum atomic E-state index is 12.2. The molecule has 0 saturated carbocycles. The van der Waals surface area contributed by atoms with E-state index in [2.05, 4.69) is 11.9 Å². The van der Waals surface area contributed by atoms with E-state index in [1.54, 1.807) is 16.7 Å². The minimum atomic E-state index is -0.848. The first kappa shape index (κ1) is 14.1. The zero-order chi connectivity index (χ0) is 14.2. The van der Waals surface area contributed by atoms with Crippen LogP contribution in [0.1, 0.15) is 13.3 Å². The number of rotatable bonds is 4. The largest absolute Gasteiger partial charge is 0.481 e. The number of nitrogens with zero attached hydrogens (tertiary/aromatic N) is 3. The molecule has 2 aliphatic heterocycles. The summed E-state index contributed by atoms with van der Waals surface area (Å²) in [5, 5.41) is 8.95. The number of carbonyl (C=O) groups excluding carboxylic acids is 1. The minimum absolute atomic E-state index is 0.0346. The van der Waals surface area contributed by atoms with Crippen LogP contribution in [-0.4, -0.2) is 78.1 Å². The van der Waals surface area contributed by atoms with Gasteiger partial charge in [0.25, 0.3) is 0 Å². The van der Waals surface area contributed by atoms with Crippen molar-refractivity contribution in [1.29, 1.82) is 0 Å². The van der Waals surface area contributed by atoms with E-state index >= 15 is 0 Å². The molecule has 2 aliphatic rings. The van der Waals surface area contributed by atoms with Gasteiger partial charge in [0, 0.05) is 26.7 Å². The molecule has 0 aromatic heterocycles. The molecule has 0 aromatic rings. The number of aliphatic carboxylic acids is 1. The van der Waals surface area contributed by atoms with E-state index in [1.807, 2.05) is 7.05 Å². The molecule has 2 heterocycles. The lowest BCUT2D eigenvalue weighted by molar-refractivity contribution is -0.141. The van der Waals surface area contributed by atoms with Gasteiger partial charge in [-0.3, -0.25) is 4.79 Å². The van der Waals surface area contributed by atoms with Crippen LogP contribution in [0.3, 0.4) is 0 Å². The molecule has 2 saturated heterocycles. The molecule has 2 rings (SSSR count). The third-order valence-corrected chi connectivity index (χ3v) is 4.36. The predicted molar refractivity (Wildman–Crippen MR) is 70.9 cm³/mol. The highest BCUT2D eigenvalue weighted by atomic mass is 16.4. The van der Waals surface area contributed by atoms with Crippen molar-refractivity contribution in [2.75, 3.05) is 40.3 Å². The van der Waals surface area contributed by atoms with Crippen molar-refractivity contribution >= 4 is 12.0 Å². The maximum Gasteiger partial charge on any atom is 0.320 e. The molecule has 0 spiro atoms. The van der Waals surface area contributed by atoms with E-state index in [9.17, 15) is 9.59 Å². The van der Waals surface area contributed by atoms with Crippen LogP contribution in [0.4, 0.5) is 4.79 Å². The number of carboxylic acid groups (broad SMARTS) is 1. The average molecular weight is 269 g/mol. The molecule has 0 bridgehead atoms. The van der Waals surface area contributed by atoms with Gasteiger partial charge in [0.2, 0.25) is 0 Å². The van der Waals surface area contributed by atoms with E-state index in [4.69, 9.17) is 5.11 Å². The first-order chi connectivity index (χ1) is 8.90. The normalized spacial score (nSPS) is 30.2. The molecule has 108 valence electrons. The summed E-state index contributed by atoms with van der Waals surface area (Å²) >= 11 is 0. The van der Waals surface area contributed by atoms with Gasteiger partial charge in [-0.25, -0.2) is 4.79 Å². The number of likely N-dealkylation sites (N-methyl/N-ethyl adjacent to an activating group) is 1. The van der Waals surface area contributed by atoms with Gasteiger partial charge >= 0.3 is 12.0 Å². The summed E-state index contributed by atoms with van der Waals surface area (Å²) in [6, 6.07) is 0.186. The third-order valence-electron chi connectivity index (χ3n) is 4.36. The van der Waals surface area contributed by atoms with Crippen molar-refractivity contribution < 1.29 is 14.7 Å². The van der Waals surface area contributed by atoms with Gasteiger partial charge < -0.3 is 19.8 Å². The van der Waals surface area contributed by atoms with Crippen LogP contribution in [0.5, 0.6) is 0 Å². The summed E-state index contributed by atoms with van der Waals surface area (Å²) in [5.74, 6) is -0.856. The van der Waals surface area contributed by atoms with Crippen LogP contribution < -0.4 is 0 Å². The quantitative estimate of drug-likeness (QED) is 0.802. The van der Waals surface area contributed by atoms with Crippen LogP contribution in [0.2, 0.25) is 0 Å². The van der Waals surface area contributed by atoms with Gasteiger partial charge in [0.15, 0.2) is 0 Å². The highest BCUT2D eigenvalue weighted by molar-refractivity contribution is 5.78. The summed E-state index contributed by atoms with van der Waals surface area (Å²) in [6.45, 7) is 4.70. The number of urea groups is 1. The molecule has 6 heteroatoms. The van der Waals surface area contributed by atoms with Crippen LogP contribution in [0, 0.1) is 11.8 Å². The molecule has 2 fully saturated rings. The molecule has 0 aliphatic carbocycles. The number of hydrogen-bond acceptors (Lipinski definition) is 3. The van der Waals surface area contributed by atoms with Gasteiger partial charge in [-0.2, -0.15) is 0 Å². The lowest BCUT2D eigenvalue weighted by Crippen LogP contribution is -2.37. The first-order valence-corrected chi connectivity index (χ1v) is 6.83. The molecule has 0 radical (unpaired) electrons. The summed E-state index contributed by atoms with van der Waals surface area (Å²) < 4.78 is 0. The topological polar surface area (TPSA) is 64.1 Å². The molecule has 1 N–H and O–H groups in total. The smallest absolute Gasteiger partial charge is 0.320 e. The Hall–Kier alpha value is -1.30. The second-order valence-corrected chi connectivity index (χ2v) is 5.92. The standard InChI is InChI=1S/C13H23N3O3/c1-9(12(17)18)6-16-8-11(15(3)13(16)19)10-4-5-14(2)7-10/h9-11H,4-8H2,1-3H3,(H,17,18). The fourth-order valence-corrected chi connectivity index (χ4v) is 3.10. The summed E-state index contributed by atoms with van der Waals surface area (Å²) in [4.78, 5) is 28.8. The Morgan fingerprint density at radius 3 is 2.63 bits per heavy atom. The fraction of sp³-hybridized carbons (Fsp3) is 0.846. The highest BCUT2D eigenvalue weighted by Crippen LogP contribution is 2.27. The van der Waals surface area contributed by atoms with Crippen molar-refractivity contribution in [2.24, 2.45) is 11.8 Å². The average Bonchev–Trinajstić information content (AvgIpc) is 2.88. The Morgan fingerprint density at radius 1 is 1.42 bits per heavy atom. The minimum Gasteiger partial charge on any atom is -0.481 e. The highest BCUT2D eigenvalue weighted by Gasteiger charge is 2.41. The van der Waals surface area contributed by atoms with E-state index < -0.39 is 11.9 Å². The Labute approximate surface area is 114 Å². The third kappa shape index (κ3) is 2.83. The van der Waals surface area contributed by atoms with Crippen LogP contribution >= 0.6 is 0 Å². The molecule has 6 nitrogen and oxygen atoms in total. The SMILES string of the molecule is CC(CN1CC(C2CCN(C)C2)N(C)C1=O)C(=O)O. The van der Waals surface area contributed by atoms with Gasteiger partial charge in [-0.05, 0) is 25.9 Å². The van der Waals surface area contributed by atoms with Crippen molar-refractivity contribution in [3.05, 3.63) is 0 Å². The Kier molecular flexibility index (Phi) is 3.99. The van der Waals surface area contributed by atoms with Gasteiger partial charge in [0.1, 0.15) is 0 Å².